The van der Waals surface area contributed by atoms with Gasteiger partial charge in [0.15, 0.2) is 0 Å². The Labute approximate surface area is 173 Å². The lowest BCUT2D eigenvalue weighted by Gasteiger charge is -2.41. The molecule has 1 heterocycles. The highest BCUT2D eigenvalue weighted by Gasteiger charge is 2.37. The third kappa shape index (κ3) is 5.06. The van der Waals surface area contributed by atoms with E-state index in [0.717, 1.165) is 32.4 Å². The predicted octanol–water partition coefficient (Wildman–Crippen LogP) is 3.57. The van der Waals surface area contributed by atoms with Crippen LogP contribution in [0.4, 0.5) is 0 Å². The van der Waals surface area contributed by atoms with Gasteiger partial charge in [0.05, 0.1) is 6.04 Å². The minimum atomic E-state index is -0.0655. The molecule has 1 aromatic carbocycles. The molecule has 2 amide bonds. The van der Waals surface area contributed by atoms with Crippen molar-refractivity contribution < 1.29 is 9.59 Å². The van der Waals surface area contributed by atoms with E-state index in [4.69, 9.17) is 11.6 Å². The number of hydrogen-bond acceptors (Lipinski definition) is 3. The molecule has 1 N–H and O–H groups in total. The van der Waals surface area contributed by atoms with Crippen LogP contribution in [0.3, 0.4) is 0 Å². The summed E-state index contributed by atoms with van der Waals surface area (Å²) in [5.41, 5.74) is 0.666. The first-order valence-electron chi connectivity index (χ1n) is 10.6. The van der Waals surface area contributed by atoms with Crippen molar-refractivity contribution in [1.82, 2.24) is 15.1 Å². The zero-order valence-electron chi connectivity index (χ0n) is 17.0. The third-order valence-corrected chi connectivity index (χ3v) is 6.45. The second-order valence-electron chi connectivity index (χ2n) is 8.14. The van der Waals surface area contributed by atoms with Crippen molar-refractivity contribution in [2.24, 2.45) is 5.92 Å². The summed E-state index contributed by atoms with van der Waals surface area (Å²) in [6.45, 7) is 6.95. The number of rotatable bonds is 6. The van der Waals surface area contributed by atoms with Crippen LogP contribution in [-0.4, -0.2) is 59.9 Å². The highest BCUT2D eigenvalue weighted by molar-refractivity contribution is 6.30. The van der Waals surface area contributed by atoms with Gasteiger partial charge >= 0.3 is 0 Å². The van der Waals surface area contributed by atoms with Gasteiger partial charge in [0.1, 0.15) is 0 Å². The monoisotopic (exact) mass is 405 g/mol. The molecule has 5 nitrogen and oxygen atoms in total. The molecule has 3 rings (SSSR count). The minimum Gasteiger partial charge on any atom is -0.352 e. The maximum atomic E-state index is 13.0. The van der Waals surface area contributed by atoms with Crippen molar-refractivity contribution in [3.8, 4) is 0 Å². The summed E-state index contributed by atoms with van der Waals surface area (Å²) in [6.07, 6.45) is 5.62. The Morgan fingerprint density at radius 2 is 1.71 bits per heavy atom. The van der Waals surface area contributed by atoms with E-state index in [9.17, 15) is 9.59 Å². The van der Waals surface area contributed by atoms with Gasteiger partial charge in [-0.25, -0.2) is 0 Å². The number of hydrogen-bond donors (Lipinski definition) is 1. The van der Waals surface area contributed by atoms with Gasteiger partial charge in [0, 0.05) is 42.8 Å². The smallest absolute Gasteiger partial charge is 0.253 e. The number of carbonyl (C=O) groups is 2. The van der Waals surface area contributed by atoms with Crippen LogP contribution in [-0.2, 0) is 4.79 Å². The quantitative estimate of drug-likeness (QED) is 0.787. The van der Waals surface area contributed by atoms with Crippen LogP contribution in [0.5, 0.6) is 0 Å². The second-order valence-corrected chi connectivity index (χ2v) is 8.58. The maximum absolute atomic E-state index is 13.0. The number of nitrogens with one attached hydrogen (secondary N) is 1. The molecule has 0 unspecified atom stereocenters. The SMILES string of the molecule is CC[C@H](C)NC(=O)[C@H](C1CCCC1)N1CCN(C(=O)c2ccc(Cl)cc2)CC1. The van der Waals surface area contributed by atoms with Crippen molar-refractivity contribution in [2.45, 2.75) is 58.0 Å². The van der Waals surface area contributed by atoms with E-state index >= 15 is 0 Å². The van der Waals surface area contributed by atoms with E-state index < -0.39 is 0 Å². The predicted molar refractivity (Wildman–Crippen MR) is 113 cm³/mol. The second kappa shape index (κ2) is 9.75. The molecule has 1 aromatic rings. The number of piperazine rings is 1. The summed E-state index contributed by atoms with van der Waals surface area (Å²) in [5, 5.41) is 3.83. The Morgan fingerprint density at radius 3 is 2.29 bits per heavy atom. The molecule has 0 aromatic heterocycles. The van der Waals surface area contributed by atoms with Gasteiger partial charge in [-0.15, -0.1) is 0 Å². The van der Waals surface area contributed by atoms with Crippen molar-refractivity contribution >= 4 is 23.4 Å². The number of carbonyl (C=O) groups excluding carboxylic acids is 2. The van der Waals surface area contributed by atoms with Crippen LogP contribution >= 0.6 is 11.6 Å². The first kappa shape index (κ1) is 21.1. The molecule has 1 aliphatic carbocycles. The fourth-order valence-electron chi connectivity index (χ4n) is 4.36. The molecule has 0 radical (unpaired) electrons. The lowest BCUT2D eigenvalue weighted by molar-refractivity contribution is -0.129. The average molecular weight is 406 g/mol. The number of amides is 2. The van der Waals surface area contributed by atoms with Gasteiger partial charge in [-0.05, 0) is 56.4 Å². The highest BCUT2D eigenvalue weighted by Crippen LogP contribution is 2.31. The van der Waals surface area contributed by atoms with E-state index in [-0.39, 0.29) is 23.9 Å². The van der Waals surface area contributed by atoms with Crippen LogP contribution in [0.25, 0.3) is 0 Å². The van der Waals surface area contributed by atoms with Crippen LogP contribution in [0.1, 0.15) is 56.3 Å². The van der Waals surface area contributed by atoms with Crippen molar-refractivity contribution in [3.63, 3.8) is 0 Å². The molecule has 28 heavy (non-hydrogen) atoms. The normalized spacial score (nSPS) is 20.8. The average Bonchev–Trinajstić information content (AvgIpc) is 3.23. The summed E-state index contributed by atoms with van der Waals surface area (Å²) >= 11 is 5.92. The van der Waals surface area contributed by atoms with E-state index in [0.29, 0.717) is 29.6 Å². The Kier molecular flexibility index (Phi) is 7.36. The molecular weight excluding hydrogens is 374 g/mol. The highest BCUT2D eigenvalue weighted by atomic mass is 35.5. The number of benzene rings is 1. The first-order valence-corrected chi connectivity index (χ1v) is 11.0. The van der Waals surface area contributed by atoms with Crippen molar-refractivity contribution in [3.05, 3.63) is 34.9 Å². The lowest BCUT2D eigenvalue weighted by Crippen LogP contribution is -2.58. The molecule has 2 fully saturated rings. The number of nitrogens with zero attached hydrogens (tertiary/aromatic N) is 2. The van der Waals surface area contributed by atoms with E-state index in [1.807, 2.05) is 4.90 Å². The van der Waals surface area contributed by atoms with E-state index in [2.05, 4.69) is 24.1 Å². The van der Waals surface area contributed by atoms with Gasteiger partial charge in [-0.3, -0.25) is 14.5 Å². The standard InChI is InChI=1S/C22H32ClN3O2/c1-3-16(2)24-21(27)20(17-6-4-5-7-17)25-12-14-26(15-13-25)22(28)18-8-10-19(23)11-9-18/h8-11,16-17,20H,3-7,12-15H2,1-2H3,(H,24,27)/t16-,20-/m0/s1. The van der Waals surface area contributed by atoms with Gasteiger partial charge in [-0.1, -0.05) is 31.4 Å². The van der Waals surface area contributed by atoms with Gasteiger partial charge in [0.25, 0.3) is 5.91 Å². The molecule has 2 aliphatic rings. The van der Waals surface area contributed by atoms with Gasteiger partial charge in [0.2, 0.25) is 5.91 Å². The van der Waals surface area contributed by atoms with E-state index in [1.54, 1.807) is 24.3 Å². The van der Waals surface area contributed by atoms with Crippen LogP contribution in [0.2, 0.25) is 5.02 Å². The Morgan fingerprint density at radius 1 is 1.11 bits per heavy atom. The van der Waals surface area contributed by atoms with Crippen LogP contribution in [0.15, 0.2) is 24.3 Å². The third-order valence-electron chi connectivity index (χ3n) is 6.20. The van der Waals surface area contributed by atoms with Gasteiger partial charge < -0.3 is 10.2 Å². The molecule has 0 spiro atoms. The first-order chi connectivity index (χ1) is 13.5. The van der Waals surface area contributed by atoms with Crippen LogP contribution in [0, 0.1) is 5.92 Å². The fourth-order valence-corrected chi connectivity index (χ4v) is 4.49. The summed E-state index contributed by atoms with van der Waals surface area (Å²) in [5.74, 6) is 0.638. The minimum absolute atomic E-state index is 0.0396. The summed E-state index contributed by atoms with van der Waals surface area (Å²) in [7, 11) is 0. The molecule has 1 saturated heterocycles. The van der Waals surface area contributed by atoms with Crippen LogP contribution < -0.4 is 5.32 Å². The molecule has 2 atom stereocenters. The zero-order chi connectivity index (χ0) is 20.1. The largest absolute Gasteiger partial charge is 0.352 e. The summed E-state index contributed by atoms with van der Waals surface area (Å²) in [6, 6.07) is 7.19. The Balaban J connectivity index is 1.63. The van der Waals surface area contributed by atoms with Crippen molar-refractivity contribution in [1.29, 1.82) is 0 Å². The lowest BCUT2D eigenvalue weighted by atomic mass is 9.94. The molecule has 154 valence electrons. The fraction of sp³-hybridized carbons (Fsp3) is 0.636. The molecule has 1 saturated carbocycles. The number of halogens is 1. The Bertz CT molecular complexity index is 665. The Hall–Kier alpha value is -1.59. The topological polar surface area (TPSA) is 52.7 Å². The maximum Gasteiger partial charge on any atom is 0.253 e. The van der Waals surface area contributed by atoms with Gasteiger partial charge in [-0.2, -0.15) is 0 Å². The zero-order valence-corrected chi connectivity index (χ0v) is 17.8. The molecular formula is C22H32ClN3O2. The molecule has 6 heteroatoms. The summed E-state index contributed by atoms with van der Waals surface area (Å²) in [4.78, 5) is 30.0. The molecule has 1 aliphatic heterocycles. The summed E-state index contributed by atoms with van der Waals surface area (Å²) < 4.78 is 0. The van der Waals surface area contributed by atoms with Crippen molar-refractivity contribution in [2.75, 3.05) is 26.2 Å². The molecule has 0 bridgehead atoms. The van der Waals surface area contributed by atoms with E-state index in [1.165, 1.54) is 12.8 Å².